The number of hydrogen-bond acceptors (Lipinski definition) is 2. The first-order valence-electron chi connectivity index (χ1n) is 5.55. The van der Waals surface area contributed by atoms with Gasteiger partial charge in [-0.3, -0.25) is 0 Å². The molecule has 0 aliphatic rings. The number of nitrogens with one attached hydrogen (secondary N) is 1. The number of allylic oxidation sites excluding steroid dienone is 1. The van der Waals surface area contributed by atoms with Crippen LogP contribution in [0, 0.1) is 5.82 Å². The molecule has 1 aromatic heterocycles. The maximum absolute atomic E-state index is 12.8. The number of pyridine rings is 1. The second-order valence-electron chi connectivity index (χ2n) is 3.51. The number of hydrogen-bond donors (Lipinski definition) is 1. The smallest absolute Gasteiger partial charge is 0.126 e. The Labute approximate surface area is 101 Å². The van der Waals surface area contributed by atoms with Crippen molar-refractivity contribution in [2.24, 2.45) is 0 Å². The van der Waals surface area contributed by atoms with E-state index in [0.717, 1.165) is 23.0 Å². The van der Waals surface area contributed by atoms with Gasteiger partial charge in [0.2, 0.25) is 0 Å². The summed E-state index contributed by atoms with van der Waals surface area (Å²) in [6.07, 6.45) is 4.68. The van der Waals surface area contributed by atoms with Crippen LogP contribution in [-0.2, 0) is 0 Å². The molecule has 0 bridgehead atoms. The van der Waals surface area contributed by atoms with Gasteiger partial charge in [0.05, 0.1) is 0 Å². The van der Waals surface area contributed by atoms with Crippen LogP contribution in [0.15, 0.2) is 43.1 Å². The molecule has 1 aromatic carbocycles. The zero-order valence-electron chi connectivity index (χ0n) is 10.2. The highest BCUT2D eigenvalue weighted by atomic mass is 19.1. The van der Waals surface area contributed by atoms with Crippen molar-refractivity contribution in [3.8, 4) is 0 Å². The highest BCUT2D eigenvalue weighted by Crippen LogP contribution is 2.17. The van der Waals surface area contributed by atoms with Crippen molar-refractivity contribution in [1.29, 1.82) is 0 Å². The van der Waals surface area contributed by atoms with E-state index in [1.54, 1.807) is 19.3 Å². The molecular weight excluding hydrogens is 215 g/mol. The molecule has 0 spiro atoms. The number of rotatable bonds is 2. The average molecular weight is 232 g/mol. The van der Waals surface area contributed by atoms with E-state index in [0.29, 0.717) is 0 Å². The topological polar surface area (TPSA) is 24.9 Å². The van der Waals surface area contributed by atoms with Crippen LogP contribution in [0.5, 0.6) is 0 Å². The van der Waals surface area contributed by atoms with E-state index in [2.05, 4.69) is 23.8 Å². The molecule has 0 radical (unpaired) electrons. The van der Waals surface area contributed by atoms with Crippen LogP contribution < -0.4 is 5.32 Å². The van der Waals surface area contributed by atoms with Crippen LogP contribution in [0.25, 0.3) is 10.8 Å². The van der Waals surface area contributed by atoms with Gasteiger partial charge in [-0.1, -0.05) is 13.0 Å². The predicted octanol–water partition coefficient (Wildman–Crippen LogP) is 4.00. The fraction of sp³-hybridized carbons (Fsp3) is 0.214. The monoisotopic (exact) mass is 232 g/mol. The van der Waals surface area contributed by atoms with E-state index in [4.69, 9.17) is 0 Å². The molecule has 0 saturated heterocycles. The number of aromatic nitrogens is 1. The van der Waals surface area contributed by atoms with E-state index in [1.807, 2.05) is 12.1 Å². The molecule has 90 valence electrons. The van der Waals surface area contributed by atoms with Gasteiger partial charge in [0.1, 0.15) is 11.6 Å². The lowest BCUT2D eigenvalue weighted by atomic mass is 10.2. The van der Waals surface area contributed by atoms with Gasteiger partial charge < -0.3 is 5.32 Å². The molecule has 0 amide bonds. The summed E-state index contributed by atoms with van der Waals surface area (Å²) in [5.74, 6) is 0.527. The summed E-state index contributed by atoms with van der Waals surface area (Å²) >= 11 is 0. The van der Waals surface area contributed by atoms with Crippen molar-refractivity contribution in [3.05, 3.63) is 48.9 Å². The highest BCUT2D eigenvalue weighted by Gasteiger charge is 1.97. The molecular formula is C14H17FN2. The maximum atomic E-state index is 12.8. The molecule has 2 nitrogen and oxygen atoms in total. The highest BCUT2D eigenvalue weighted by molar-refractivity contribution is 5.83. The zero-order chi connectivity index (χ0) is 12.7. The summed E-state index contributed by atoms with van der Waals surface area (Å²) in [6.45, 7) is 5.54. The van der Waals surface area contributed by atoms with Crippen LogP contribution in [0.1, 0.15) is 13.3 Å². The van der Waals surface area contributed by atoms with Gasteiger partial charge in [-0.05, 0) is 36.1 Å². The average Bonchev–Trinajstić information content (AvgIpc) is 2.38. The molecule has 2 rings (SSSR count). The zero-order valence-corrected chi connectivity index (χ0v) is 10.2. The van der Waals surface area contributed by atoms with Crippen LogP contribution in [0.3, 0.4) is 0 Å². The largest absolute Gasteiger partial charge is 0.373 e. The second kappa shape index (κ2) is 6.63. The molecule has 0 atom stereocenters. The van der Waals surface area contributed by atoms with E-state index < -0.39 is 0 Å². The maximum Gasteiger partial charge on any atom is 0.126 e. The molecule has 2 aromatic rings. The lowest BCUT2D eigenvalue weighted by Crippen LogP contribution is -1.91. The van der Waals surface area contributed by atoms with Crippen molar-refractivity contribution >= 4 is 16.6 Å². The van der Waals surface area contributed by atoms with Gasteiger partial charge in [0.15, 0.2) is 0 Å². The predicted molar refractivity (Wildman–Crippen MR) is 71.7 cm³/mol. The molecule has 3 heteroatoms. The number of halogens is 1. The number of nitrogens with zero attached hydrogens (tertiary/aromatic N) is 1. The van der Waals surface area contributed by atoms with Crippen molar-refractivity contribution < 1.29 is 4.39 Å². The van der Waals surface area contributed by atoms with Gasteiger partial charge in [0, 0.05) is 18.6 Å². The Morgan fingerprint density at radius 3 is 2.65 bits per heavy atom. The molecule has 1 heterocycles. The Hall–Kier alpha value is -1.90. The van der Waals surface area contributed by atoms with Gasteiger partial charge >= 0.3 is 0 Å². The summed E-state index contributed by atoms with van der Waals surface area (Å²) in [7, 11) is 1.79. The fourth-order valence-corrected chi connectivity index (χ4v) is 1.25. The third-order valence-electron chi connectivity index (χ3n) is 2.23. The molecule has 0 saturated carbocycles. The summed E-state index contributed by atoms with van der Waals surface area (Å²) in [6, 6.07) is 6.47. The standard InChI is InChI=1S/C10H9FN2.C4H8/c1-12-10-5-8-4-9(11)3-2-7(8)6-13-10;1-3-4-2/h2-6H,1H3,(H,12,13);3H,1,4H2,2H3. The minimum absolute atomic E-state index is 0.222. The first-order chi connectivity index (χ1) is 8.21. The minimum Gasteiger partial charge on any atom is -0.373 e. The van der Waals surface area contributed by atoms with Gasteiger partial charge in [-0.15, -0.1) is 6.58 Å². The minimum atomic E-state index is -0.222. The van der Waals surface area contributed by atoms with E-state index in [-0.39, 0.29) is 5.82 Å². The summed E-state index contributed by atoms with van der Waals surface area (Å²) in [5.41, 5.74) is 0. The third-order valence-corrected chi connectivity index (χ3v) is 2.23. The van der Waals surface area contributed by atoms with E-state index in [1.165, 1.54) is 12.1 Å². The third kappa shape index (κ3) is 3.87. The number of fused-ring (bicyclic) bond motifs is 1. The van der Waals surface area contributed by atoms with E-state index in [9.17, 15) is 4.39 Å². The normalized spacial score (nSPS) is 9.35. The quantitative estimate of drug-likeness (QED) is 0.792. The molecule has 0 unspecified atom stereocenters. The Bertz CT molecular complexity index is 495. The van der Waals surface area contributed by atoms with Gasteiger partial charge in [0.25, 0.3) is 0 Å². The lowest BCUT2D eigenvalue weighted by molar-refractivity contribution is 0.630. The number of anilines is 1. The SMILES string of the molecule is C=CCC.CNc1cc2cc(F)ccc2cn1. The van der Waals surface area contributed by atoms with E-state index >= 15 is 0 Å². The van der Waals surface area contributed by atoms with Crippen molar-refractivity contribution in [1.82, 2.24) is 4.98 Å². The van der Waals surface area contributed by atoms with Gasteiger partial charge in [-0.2, -0.15) is 0 Å². The fourth-order valence-electron chi connectivity index (χ4n) is 1.25. The first kappa shape index (κ1) is 13.2. The van der Waals surface area contributed by atoms with Crippen molar-refractivity contribution in [2.45, 2.75) is 13.3 Å². The van der Waals surface area contributed by atoms with Crippen molar-refractivity contribution in [3.63, 3.8) is 0 Å². The van der Waals surface area contributed by atoms with Crippen LogP contribution in [0.2, 0.25) is 0 Å². The van der Waals surface area contributed by atoms with Gasteiger partial charge in [-0.25, -0.2) is 9.37 Å². The molecule has 0 aliphatic heterocycles. The summed E-state index contributed by atoms with van der Waals surface area (Å²) in [4.78, 5) is 4.12. The Morgan fingerprint density at radius 1 is 1.35 bits per heavy atom. The molecule has 17 heavy (non-hydrogen) atoms. The Kier molecular flexibility index (Phi) is 5.14. The number of benzene rings is 1. The Morgan fingerprint density at radius 2 is 2.06 bits per heavy atom. The molecule has 1 N–H and O–H groups in total. The van der Waals surface area contributed by atoms with Crippen molar-refractivity contribution in [2.75, 3.05) is 12.4 Å². The van der Waals surface area contributed by atoms with Crippen LogP contribution in [-0.4, -0.2) is 12.0 Å². The Balaban J connectivity index is 0.000000317. The second-order valence-corrected chi connectivity index (χ2v) is 3.51. The lowest BCUT2D eigenvalue weighted by Gasteiger charge is -2.01. The van der Waals surface area contributed by atoms with Crippen LogP contribution >= 0.6 is 0 Å². The van der Waals surface area contributed by atoms with Crippen LogP contribution in [0.4, 0.5) is 10.2 Å². The molecule has 0 aliphatic carbocycles. The summed E-state index contributed by atoms with van der Waals surface area (Å²) < 4.78 is 12.8. The first-order valence-corrected chi connectivity index (χ1v) is 5.55. The molecule has 0 fully saturated rings. The summed E-state index contributed by atoms with van der Waals surface area (Å²) in [5, 5.41) is 4.71.